The van der Waals surface area contributed by atoms with E-state index in [0.29, 0.717) is 6.04 Å². The molecule has 1 aliphatic carbocycles. The lowest BCUT2D eigenvalue weighted by Crippen LogP contribution is -2.53. The number of guanidine groups is 1. The average Bonchev–Trinajstić information content (AvgIpc) is 2.95. The van der Waals surface area contributed by atoms with E-state index < -0.39 is 0 Å². The third kappa shape index (κ3) is 4.25. The van der Waals surface area contributed by atoms with Gasteiger partial charge >= 0.3 is 0 Å². The maximum absolute atomic E-state index is 4.67. The number of piperazine rings is 1. The Morgan fingerprint density at radius 3 is 2.62 bits per heavy atom. The zero-order valence-corrected chi connectivity index (χ0v) is 15.9. The molecular formula is C15H25IN4S. The molecule has 1 aromatic heterocycles. The molecule has 2 atom stereocenters. The number of hydrogen-bond acceptors (Lipinski definition) is 3. The summed E-state index contributed by atoms with van der Waals surface area (Å²) in [5.74, 6) is 1.93. The molecule has 0 spiro atoms. The van der Waals surface area contributed by atoms with Gasteiger partial charge in [-0.15, -0.1) is 35.3 Å². The molecule has 2 heterocycles. The summed E-state index contributed by atoms with van der Waals surface area (Å²) in [4.78, 5) is 9.56. The van der Waals surface area contributed by atoms with Crippen LogP contribution in [0.1, 0.15) is 20.3 Å². The minimum Gasteiger partial charge on any atom is -0.360 e. The van der Waals surface area contributed by atoms with Gasteiger partial charge in [0.25, 0.3) is 0 Å². The quantitative estimate of drug-likeness (QED) is 0.464. The SMILES string of the molecule is CCN=C(NC1CC1C)N1CCN(c2cccs2)CC1.I. The summed E-state index contributed by atoms with van der Waals surface area (Å²) >= 11 is 1.83. The van der Waals surface area contributed by atoms with Crippen molar-refractivity contribution >= 4 is 46.3 Å². The monoisotopic (exact) mass is 420 g/mol. The third-order valence-electron chi connectivity index (χ3n) is 4.13. The lowest BCUT2D eigenvalue weighted by Gasteiger charge is -2.37. The first-order chi connectivity index (χ1) is 9.78. The fourth-order valence-electron chi connectivity index (χ4n) is 2.66. The number of thiophene rings is 1. The van der Waals surface area contributed by atoms with Crippen LogP contribution in [0.2, 0.25) is 0 Å². The van der Waals surface area contributed by atoms with E-state index in [-0.39, 0.29) is 24.0 Å². The van der Waals surface area contributed by atoms with E-state index in [1.807, 2.05) is 11.3 Å². The van der Waals surface area contributed by atoms with Gasteiger partial charge in [0.15, 0.2) is 5.96 Å². The lowest BCUT2D eigenvalue weighted by atomic mass is 10.3. The molecular weight excluding hydrogens is 395 g/mol. The summed E-state index contributed by atoms with van der Waals surface area (Å²) in [6.07, 6.45) is 1.29. The van der Waals surface area contributed by atoms with Crippen LogP contribution in [-0.4, -0.2) is 49.6 Å². The summed E-state index contributed by atoms with van der Waals surface area (Å²) in [7, 11) is 0. The number of hydrogen-bond donors (Lipinski definition) is 1. The Hall–Kier alpha value is -0.500. The molecule has 1 aliphatic heterocycles. The van der Waals surface area contributed by atoms with Crippen molar-refractivity contribution in [3.63, 3.8) is 0 Å². The van der Waals surface area contributed by atoms with Crippen molar-refractivity contribution in [2.24, 2.45) is 10.9 Å². The smallest absolute Gasteiger partial charge is 0.194 e. The largest absolute Gasteiger partial charge is 0.360 e. The maximum Gasteiger partial charge on any atom is 0.194 e. The summed E-state index contributed by atoms with van der Waals surface area (Å²) in [6.45, 7) is 9.57. The first-order valence-corrected chi connectivity index (χ1v) is 8.50. The van der Waals surface area contributed by atoms with Crippen LogP contribution in [0.5, 0.6) is 0 Å². The van der Waals surface area contributed by atoms with E-state index in [4.69, 9.17) is 0 Å². The highest BCUT2D eigenvalue weighted by atomic mass is 127. The van der Waals surface area contributed by atoms with Crippen molar-refractivity contribution in [1.82, 2.24) is 10.2 Å². The van der Waals surface area contributed by atoms with Crippen molar-refractivity contribution in [1.29, 1.82) is 0 Å². The lowest BCUT2D eigenvalue weighted by molar-refractivity contribution is 0.372. The first-order valence-electron chi connectivity index (χ1n) is 7.62. The van der Waals surface area contributed by atoms with Crippen LogP contribution in [0.4, 0.5) is 5.00 Å². The maximum atomic E-state index is 4.67. The Bertz CT molecular complexity index is 454. The number of rotatable bonds is 3. The van der Waals surface area contributed by atoms with E-state index >= 15 is 0 Å². The average molecular weight is 420 g/mol. The van der Waals surface area contributed by atoms with Crippen LogP contribution < -0.4 is 10.2 Å². The summed E-state index contributed by atoms with van der Waals surface area (Å²) in [5.41, 5.74) is 0. The van der Waals surface area contributed by atoms with Gasteiger partial charge in [0.05, 0.1) is 5.00 Å². The van der Waals surface area contributed by atoms with Gasteiger partial charge in [-0.1, -0.05) is 6.92 Å². The molecule has 2 aliphatic rings. The number of anilines is 1. The van der Waals surface area contributed by atoms with Crippen molar-refractivity contribution in [2.75, 3.05) is 37.6 Å². The molecule has 0 aromatic carbocycles. The molecule has 1 saturated heterocycles. The van der Waals surface area contributed by atoms with Crippen molar-refractivity contribution in [3.05, 3.63) is 17.5 Å². The van der Waals surface area contributed by atoms with Crippen molar-refractivity contribution < 1.29 is 0 Å². The molecule has 21 heavy (non-hydrogen) atoms. The molecule has 3 rings (SSSR count). The molecule has 1 aromatic rings. The number of halogens is 1. The van der Waals surface area contributed by atoms with Crippen LogP contribution in [0.25, 0.3) is 0 Å². The highest BCUT2D eigenvalue weighted by Gasteiger charge is 2.34. The summed E-state index contributed by atoms with van der Waals surface area (Å²) < 4.78 is 0. The second-order valence-electron chi connectivity index (χ2n) is 5.69. The minimum absolute atomic E-state index is 0. The molecule has 0 radical (unpaired) electrons. The van der Waals surface area contributed by atoms with Gasteiger partial charge in [-0.2, -0.15) is 0 Å². The Morgan fingerprint density at radius 2 is 2.10 bits per heavy atom. The van der Waals surface area contributed by atoms with Crippen LogP contribution in [-0.2, 0) is 0 Å². The molecule has 4 nitrogen and oxygen atoms in total. The fraction of sp³-hybridized carbons (Fsp3) is 0.667. The Balaban J connectivity index is 0.00000161. The second-order valence-corrected chi connectivity index (χ2v) is 6.61. The van der Waals surface area contributed by atoms with Gasteiger partial charge in [-0.3, -0.25) is 4.99 Å². The van der Waals surface area contributed by atoms with E-state index in [0.717, 1.165) is 44.6 Å². The van der Waals surface area contributed by atoms with Gasteiger partial charge < -0.3 is 15.1 Å². The molecule has 0 amide bonds. The molecule has 2 fully saturated rings. The van der Waals surface area contributed by atoms with E-state index in [1.165, 1.54) is 11.4 Å². The van der Waals surface area contributed by atoms with Crippen LogP contribution >= 0.6 is 35.3 Å². The zero-order valence-electron chi connectivity index (χ0n) is 12.8. The highest BCUT2D eigenvalue weighted by molar-refractivity contribution is 14.0. The van der Waals surface area contributed by atoms with Crippen molar-refractivity contribution in [2.45, 2.75) is 26.3 Å². The van der Waals surface area contributed by atoms with E-state index in [2.05, 4.69) is 51.5 Å². The van der Waals surface area contributed by atoms with Gasteiger partial charge in [0.1, 0.15) is 0 Å². The Kier molecular flexibility index (Phi) is 6.16. The Morgan fingerprint density at radius 1 is 1.38 bits per heavy atom. The van der Waals surface area contributed by atoms with Crippen LogP contribution in [0.3, 0.4) is 0 Å². The number of aliphatic imine (C=N–C) groups is 1. The predicted octanol–water partition coefficient (Wildman–Crippen LogP) is 2.86. The molecule has 118 valence electrons. The molecule has 6 heteroatoms. The predicted molar refractivity (Wildman–Crippen MR) is 102 cm³/mol. The molecule has 2 unspecified atom stereocenters. The van der Waals surface area contributed by atoms with Crippen molar-refractivity contribution in [3.8, 4) is 0 Å². The van der Waals surface area contributed by atoms with Gasteiger partial charge in [0, 0.05) is 38.8 Å². The van der Waals surface area contributed by atoms with Gasteiger partial charge in [-0.25, -0.2) is 0 Å². The third-order valence-corrected chi connectivity index (χ3v) is 5.06. The van der Waals surface area contributed by atoms with Gasteiger partial charge in [0.2, 0.25) is 0 Å². The Labute approximate surface area is 148 Å². The first kappa shape index (κ1) is 16.9. The number of nitrogens with zero attached hydrogens (tertiary/aromatic N) is 3. The number of nitrogens with one attached hydrogen (secondary N) is 1. The fourth-order valence-corrected chi connectivity index (χ4v) is 3.45. The van der Waals surface area contributed by atoms with Crippen LogP contribution in [0.15, 0.2) is 22.5 Å². The van der Waals surface area contributed by atoms with E-state index in [1.54, 1.807) is 0 Å². The zero-order chi connectivity index (χ0) is 13.9. The standard InChI is InChI=1S/C15H24N4S.HI/c1-3-16-15(17-13-11-12(13)2)19-8-6-18(7-9-19)14-5-4-10-20-14;/h4-5,10,12-13H,3,6-9,11H2,1-2H3,(H,16,17);1H. The van der Waals surface area contributed by atoms with Crippen LogP contribution in [0, 0.1) is 5.92 Å². The highest BCUT2D eigenvalue weighted by Crippen LogP contribution is 2.29. The molecule has 0 bridgehead atoms. The topological polar surface area (TPSA) is 30.9 Å². The van der Waals surface area contributed by atoms with E-state index in [9.17, 15) is 0 Å². The molecule has 1 saturated carbocycles. The minimum atomic E-state index is 0. The van der Waals surface area contributed by atoms with Gasteiger partial charge in [-0.05, 0) is 36.8 Å². The summed E-state index contributed by atoms with van der Waals surface area (Å²) in [6, 6.07) is 4.99. The summed E-state index contributed by atoms with van der Waals surface area (Å²) in [5, 5.41) is 7.17. The molecule has 1 N–H and O–H groups in total. The normalized spacial score (nSPS) is 25.5. The second kappa shape index (κ2) is 7.67.